The van der Waals surface area contributed by atoms with Crippen molar-refractivity contribution < 1.29 is 29.0 Å². The lowest BCUT2D eigenvalue weighted by molar-refractivity contribution is -0.137. The number of carbonyl (C=O) groups excluding carboxylic acids is 2. The maximum atomic E-state index is 12.3. The summed E-state index contributed by atoms with van der Waals surface area (Å²) in [5.41, 5.74) is 4.60. The summed E-state index contributed by atoms with van der Waals surface area (Å²) >= 11 is 0. The summed E-state index contributed by atoms with van der Waals surface area (Å²) in [4.78, 5) is 35.2. The van der Waals surface area contributed by atoms with Gasteiger partial charge < -0.3 is 25.2 Å². The number of hydrogen-bond acceptors (Lipinski definition) is 5. The monoisotopic (exact) mass is 468 g/mol. The minimum Gasteiger partial charge on any atom is -0.481 e. The SMILES string of the molecule is COC(CNC(=O)OCC1c2ccccc2-c2ccccc21)CC(=O)NCC(C)CCC(=O)O. The maximum Gasteiger partial charge on any atom is 0.407 e. The number of aliphatic carboxylic acids is 1. The average molecular weight is 469 g/mol. The molecule has 0 spiro atoms. The number of carboxylic acid groups (broad SMARTS) is 1. The van der Waals surface area contributed by atoms with Gasteiger partial charge in [0, 0.05) is 32.5 Å². The van der Waals surface area contributed by atoms with Crippen LogP contribution < -0.4 is 10.6 Å². The normalized spacial score (nSPS) is 13.9. The Bertz CT molecular complexity index is 963. The van der Waals surface area contributed by atoms with E-state index in [-0.39, 0.29) is 43.7 Å². The molecule has 0 saturated heterocycles. The number of carboxylic acids is 1. The molecule has 8 heteroatoms. The van der Waals surface area contributed by atoms with Gasteiger partial charge in [-0.3, -0.25) is 9.59 Å². The van der Waals surface area contributed by atoms with Crippen LogP contribution in [0.2, 0.25) is 0 Å². The third kappa shape index (κ3) is 6.81. The van der Waals surface area contributed by atoms with E-state index in [2.05, 4.69) is 34.9 Å². The average Bonchev–Trinajstić information content (AvgIpc) is 3.16. The first-order chi connectivity index (χ1) is 16.4. The van der Waals surface area contributed by atoms with Crippen molar-refractivity contribution in [2.45, 2.75) is 38.2 Å². The van der Waals surface area contributed by atoms with E-state index >= 15 is 0 Å². The smallest absolute Gasteiger partial charge is 0.407 e. The molecular weight excluding hydrogens is 436 g/mol. The third-order valence-electron chi connectivity index (χ3n) is 6.06. The quantitative estimate of drug-likeness (QED) is 0.439. The molecule has 1 aliphatic rings. The highest BCUT2D eigenvalue weighted by Crippen LogP contribution is 2.44. The predicted octanol–water partition coefficient (Wildman–Crippen LogP) is 3.55. The number of rotatable bonds is 12. The fourth-order valence-electron chi connectivity index (χ4n) is 4.12. The van der Waals surface area contributed by atoms with Crippen LogP contribution in [0.25, 0.3) is 11.1 Å². The molecule has 3 N–H and O–H groups in total. The van der Waals surface area contributed by atoms with Gasteiger partial charge >= 0.3 is 12.1 Å². The maximum absolute atomic E-state index is 12.3. The minimum absolute atomic E-state index is 0.0229. The Balaban J connectivity index is 1.43. The molecule has 0 heterocycles. The van der Waals surface area contributed by atoms with Crippen molar-refractivity contribution >= 4 is 18.0 Å². The number of ether oxygens (including phenoxy) is 2. The van der Waals surface area contributed by atoms with Crippen molar-refractivity contribution in [2.75, 3.05) is 26.8 Å². The first kappa shape index (κ1) is 25.2. The Morgan fingerprint density at radius 1 is 0.971 bits per heavy atom. The van der Waals surface area contributed by atoms with Crippen LogP contribution in [0.4, 0.5) is 4.79 Å². The number of benzene rings is 2. The largest absolute Gasteiger partial charge is 0.481 e. The molecule has 2 aromatic carbocycles. The molecule has 2 unspecified atom stereocenters. The number of methoxy groups -OCH3 is 1. The molecule has 1 aliphatic carbocycles. The van der Waals surface area contributed by atoms with E-state index < -0.39 is 18.2 Å². The molecule has 182 valence electrons. The molecular formula is C26H32N2O6. The highest BCUT2D eigenvalue weighted by molar-refractivity contribution is 5.79. The zero-order valence-corrected chi connectivity index (χ0v) is 19.6. The Morgan fingerprint density at radius 2 is 1.59 bits per heavy atom. The lowest BCUT2D eigenvalue weighted by atomic mass is 9.98. The summed E-state index contributed by atoms with van der Waals surface area (Å²) in [6.45, 7) is 2.62. The molecule has 8 nitrogen and oxygen atoms in total. The van der Waals surface area contributed by atoms with E-state index in [1.807, 2.05) is 31.2 Å². The van der Waals surface area contributed by atoms with Crippen LogP contribution in [0, 0.1) is 5.92 Å². The molecule has 2 amide bonds. The number of carbonyl (C=O) groups is 3. The first-order valence-corrected chi connectivity index (χ1v) is 11.5. The topological polar surface area (TPSA) is 114 Å². The van der Waals surface area contributed by atoms with Gasteiger partial charge in [0.15, 0.2) is 0 Å². The highest BCUT2D eigenvalue weighted by atomic mass is 16.5. The number of alkyl carbamates (subject to hydrolysis) is 1. The molecule has 0 aliphatic heterocycles. The second-order valence-electron chi connectivity index (χ2n) is 8.61. The summed E-state index contributed by atoms with van der Waals surface area (Å²) in [6.07, 6.45) is -0.429. The van der Waals surface area contributed by atoms with Crippen molar-refractivity contribution in [2.24, 2.45) is 5.92 Å². The van der Waals surface area contributed by atoms with E-state index in [0.29, 0.717) is 13.0 Å². The van der Waals surface area contributed by atoms with Gasteiger partial charge in [-0.25, -0.2) is 4.79 Å². The van der Waals surface area contributed by atoms with Crippen molar-refractivity contribution in [1.82, 2.24) is 10.6 Å². The van der Waals surface area contributed by atoms with Gasteiger partial charge in [0.25, 0.3) is 0 Å². The molecule has 34 heavy (non-hydrogen) atoms. The van der Waals surface area contributed by atoms with Crippen molar-refractivity contribution in [3.63, 3.8) is 0 Å². The fourth-order valence-corrected chi connectivity index (χ4v) is 4.12. The second-order valence-corrected chi connectivity index (χ2v) is 8.61. The molecule has 3 rings (SSSR count). The summed E-state index contributed by atoms with van der Waals surface area (Å²) in [5, 5.41) is 14.2. The molecule has 2 atom stereocenters. The highest BCUT2D eigenvalue weighted by Gasteiger charge is 2.29. The van der Waals surface area contributed by atoms with Gasteiger partial charge in [0.05, 0.1) is 12.5 Å². The summed E-state index contributed by atoms with van der Waals surface area (Å²) in [6, 6.07) is 16.3. The van der Waals surface area contributed by atoms with Gasteiger partial charge in [-0.15, -0.1) is 0 Å². The number of nitrogens with one attached hydrogen (secondary N) is 2. The molecule has 0 radical (unpaired) electrons. The van der Waals surface area contributed by atoms with E-state index in [0.717, 1.165) is 22.3 Å². The summed E-state index contributed by atoms with van der Waals surface area (Å²) < 4.78 is 10.8. The number of hydrogen-bond donors (Lipinski definition) is 3. The van der Waals surface area contributed by atoms with Gasteiger partial charge in [-0.1, -0.05) is 55.5 Å². The number of fused-ring (bicyclic) bond motifs is 3. The van der Waals surface area contributed by atoms with Crippen LogP contribution >= 0.6 is 0 Å². The zero-order valence-electron chi connectivity index (χ0n) is 19.6. The molecule has 0 saturated carbocycles. The van der Waals surface area contributed by atoms with Crippen LogP contribution in [0.15, 0.2) is 48.5 Å². The van der Waals surface area contributed by atoms with Crippen LogP contribution in [0.5, 0.6) is 0 Å². The Hall–Kier alpha value is -3.39. The second kappa shape index (κ2) is 12.2. The third-order valence-corrected chi connectivity index (χ3v) is 6.06. The van der Waals surface area contributed by atoms with E-state index in [1.165, 1.54) is 7.11 Å². The van der Waals surface area contributed by atoms with Crippen molar-refractivity contribution in [3.05, 3.63) is 59.7 Å². The zero-order chi connectivity index (χ0) is 24.5. The fraction of sp³-hybridized carbons (Fsp3) is 0.423. The van der Waals surface area contributed by atoms with E-state index in [4.69, 9.17) is 14.6 Å². The molecule has 2 aromatic rings. The van der Waals surface area contributed by atoms with Crippen LogP contribution in [0.1, 0.15) is 43.2 Å². The van der Waals surface area contributed by atoms with Gasteiger partial charge in [-0.05, 0) is 34.6 Å². The number of amides is 2. The minimum atomic E-state index is -0.850. The lowest BCUT2D eigenvalue weighted by Gasteiger charge is -2.18. The van der Waals surface area contributed by atoms with Crippen molar-refractivity contribution in [3.8, 4) is 11.1 Å². The Morgan fingerprint density at radius 3 is 2.18 bits per heavy atom. The lowest BCUT2D eigenvalue weighted by Crippen LogP contribution is -2.38. The molecule has 0 aromatic heterocycles. The molecule has 0 bridgehead atoms. The Labute approximate surface area is 199 Å². The summed E-state index contributed by atoms with van der Waals surface area (Å²) in [7, 11) is 1.48. The van der Waals surface area contributed by atoms with Gasteiger partial charge in [0.2, 0.25) is 5.91 Å². The molecule has 0 fully saturated rings. The van der Waals surface area contributed by atoms with Gasteiger partial charge in [-0.2, -0.15) is 0 Å². The standard InChI is InChI=1S/C26H32N2O6/c1-17(11-12-25(30)31)14-27-24(29)13-18(33-2)15-28-26(32)34-16-23-21-9-5-3-7-19(21)20-8-4-6-10-22(20)23/h3-10,17-18,23H,11-16H2,1-2H3,(H,27,29)(H,28,32)(H,30,31). The van der Waals surface area contributed by atoms with Crippen LogP contribution in [-0.4, -0.2) is 56.0 Å². The van der Waals surface area contributed by atoms with Crippen LogP contribution in [-0.2, 0) is 19.1 Å². The van der Waals surface area contributed by atoms with E-state index in [9.17, 15) is 14.4 Å². The van der Waals surface area contributed by atoms with Crippen LogP contribution in [0.3, 0.4) is 0 Å². The Kier molecular flexibility index (Phi) is 9.04. The van der Waals surface area contributed by atoms with Crippen molar-refractivity contribution in [1.29, 1.82) is 0 Å². The van der Waals surface area contributed by atoms with Gasteiger partial charge in [0.1, 0.15) is 6.61 Å². The predicted molar refractivity (Wildman–Crippen MR) is 128 cm³/mol. The van der Waals surface area contributed by atoms with E-state index in [1.54, 1.807) is 0 Å². The first-order valence-electron chi connectivity index (χ1n) is 11.5. The summed E-state index contributed by atoms with van der Waals surface area (Å²) in [5.74, 6) is -1.04.